The topological polar surface area (TPSA) is 57.8 Å². The van der Waals surface area contributed by atoms with E-state index in [0.29, 0.717) is 11.4 Å². The largest absolute Gasteiger partial charge is 0.355 e. The molecular weight excluding hydrogens is 281 g/mol. The van der Waals surface area contributed by atoms with E-state index in [4.69, 9.17) is 0 Å². The van der Waals surface area contributed by atoms with Crippen molar-refractivity contribution in [3.8, 4) is 22.6 Å². The average Bonchev–Trinajstić information content (AvgIpc) is 3.05. The van der Waals surface area contributed by atoms with Gasteiger partial charge < -0.3 is 10.3 Å². The van der Waals surface area contributed by atoms with Crippen molar-refractivity contribution in [3.05, 3.63) is 66.1 Å². The Bertz CT molecular complexity index is 812. The molecule has 4 nitrogen and oxygen atoms in total. The zero-order chi connectivity index (χ0) is 15.5. The highest BCUT2D eigenvalue weighted by Gasteiger charge is 2.13. The summed E-state index contributed by atoms with van der Waals surface area (Å²) in [6.07, 6.45) is 1.65. The van der Waals surface area contributed by atoms with Gasteiger partial charge in [0.05, 0.1) is 17.5 Å². The fourth-order valence-electron chi connectivity index (χ4n) is 2.21. The number of hydrogen-bond donors (Lipinski definition) is 2. The summed E-state index contributed by atoms with van der Waals surface area (Å²) in [6, 6.07) is 13.8. The summed E-state index contributed by atoms with van der Waals surface area (Å²) < 4.78 is 14.0. The number of aromatic amines is 1. The molecule has 0 saturated carbocycles. The number of carbonyl (C=O) groups is 1. The number of amides is 1. The van der Waals surface area contributed by atoms with E-state index in [9.17, 15) is 9.18 Å². The van der Waals surface area contributed by atoms with Crippen molar-refractivity contribution in [2.45, 2.75) is 0 Å². The van der Waals surface area contributed by atoms with Crippen LogP contribution >= 0.6 is 0 Å². The number of carbonyl (C=O) groups excluding carboxylic acids is 1. The second kappa shape index (κ2) is 5.81. The van der Waals surface area contributed by atoms with Crippen molar-refractivity contribution in [2.75, 3.05) is 7.05 Å². The van der Waals surface area contributed by atoms with Crippen LogP contribution in [0.25, 0.3) is 22.6 Å². The third kappa shape index (κ3) is 2.61. The van der Waals surface area contributed by atoms with Crippen molar-refractivity contribution < 1.29 is 9.18 Å². The lowest BCUT2D eigenvalue weighted by Gasteiger charge is -2.04. The highest BCUT2D eigenvalue weighted by Crippen LogP contribution is 2.25. The molecule has 5 heteroatoms. The molecule has 2 N–H and O–H groups in total. The van der Waals surface area contributed by atoms with Gasteiger partial charge in [-0.05, 0) is 23.8 Å². The van der Waals surface area contributed by atoms with Crippen molar-refractivity contribution in [1.82, 2.24) is 15.3 Å². The molecule has 0 aliphatic carbocycles. The van der Waals surface area contributed by atoms with Crippen LogP contribution in [0.3, 0.4) is 0 Å². The molecule has 0 saturated heterocycles. The van der Waals surface area contributed by atoms with Crippen molar-refractivity contribution >= 4 is 5.91 Å². The van der Waals surface area contributed by atoms with Crippen molar-refractivity contribution in [2.24, 2.45) is 0 Å². The van der Waals surface area contributed by atoms with Crippen molar-refractivity contribution in [3.63, 3.8) is 0 Å². The maximum atomic E-state index is 14.0. The van der Waals surface area contributed by atoms with Crippen LogP contribution in [0.5, 0.6) is 0 Å². The summed E-state index contributed by atoms with van der Waals surface area (Å²) in [5.74, 6) is -0.306. The van der Waals surface area contributed by atoms with Gasteiger partial charge in [0.25, 0.3) is 5.91 Å². The van der Waals surface area contributed by atoms with Gasteiger partial charge in [-0.3, -0.25) is 4.79 Å². The van der Waals surface area contributed by atoms with Gasteiger partial charge in [0.15, 0.2) is 0 Å². The maximum Gasteiger partial charge on any atom is 0.251 e. The Morgan fingerprint density at radius 3 is 2.68 bits per heavy atom. The predicted octanol–water partition coefficient (Wildman–Crippen LogP) is 3.24. The zero-order valence-corrected chi connectivity index (χ0v) is 11.9. The number of H-pyrrole nitrogens is 1. The van der Waals surface area contributed by atoms with Gasteiger partial charge in [0.1, 0.15) is 11.6 Å². The van der Waals surface area contributed by atoms with E-state index >= 15 is 0 Å². The summed E-state index contributed by atoms with van der Waals surface area (Å²) >= 11 is 0. The van der Waals surface area contributed by atoms with Gasteiger partial charge in [-0.25, -0.2) is 9.37 Å². The molecular formula is C17H14FN3O. The van der Waals surface area contributed by atoms with E-state index in [1.54, 1.807) is 6.20 Å². The first-order valence-corrected chi connectivity index (χ1v) is 6.81. The highest BCUT2D eigenvalue weighted by molar-refractivity contribution is 5.95. The summed E-state index contributed by atoms with van der Waals surface area (Å²) in [7, 11) is 1.53. The monoisotopic (exact) mass is 295 g/mol. The molecule has 0 atom stereocenters. The number of halogens is 1. The van der Waals surface area contributed by atoms with E-state index in [0.717, 1.165) is 11.3 Å². The number of imidazole rings is 1. The van der Waals surface area contributed by atoms with E-state index in [1.807, 2.05) is 30.3 Å². The lowest BCUT2D eigenvalue weighted by Crippen LogP contribution is -2.17. The van der Waals surface area contributed by atoms with Crippen LogP contribution in [0.2, 0.25) is 0 Å². The summed E-state index contributed by atoms with van der Waals surface area (Å²) in [6.45, 7) is 0. The van der Waals surface area contributed by atoms with Crippen LogP contribution in [0, 0.1) is 5.82 Å². The normalized spacial score (nSPS) is 10.5. The van der Waals surface area contributed by atoms with Gasteiger partial charge in [0.2, 0.25) is 0 Å². The molecule has 0 aliphatic rings. The molecule has 1 amide bonds. The minimum Gasteiger partial charge on any atom is -0.355 e. The molecule has 0 bridgehead atoms. The Morgan fingerprint density at radius 1 is 1.18 bits per heavy atom. The first kappa shape index (κ1) is 14.0. The Labute approximate surface area is 127 Å². The standard InChI is InChI=1S/C17H14FN3O/c1-19-17(22)12-7-8-14(18)13(9-12)16-20-10-15(21-16)11-5-3-2-4-6-11/h2-10H,1H3,(H,19,22)(H,20,21). The molecule has 0 spiro atoms. The van der Waals surface area contributed by atoms with Gasteiger partial charge in [-0.2, -0.15) is 0 Å². The van der Waals surface area contributed by atoms with Crippen LogP contribution in [0.15, 0.2) is 54.7 Å². The molecule has 3 aromatic rings. The van der Waals surface area contributed by atoms with E-state index in [2.05, 4.69) is 15.3 Å². The number of rotatable bonds is 3. The number of hydrogen-bond acceptors (Lipinski definition) is 2. The molecule has 1 heterocycles. The smallest absolute Gasteiger partial charge is 0.251 e. The second-order valence-electron chi connectivity index (χ2n) is 4.79. The Morgan fingerprint density at radius 2 is 1.95 bits per heavy atom. The number of benzene rings is 2. The van der Waals surface area contributed by atoms with Crippen LogP contribution in [-0.2, 0) is 0 Å². The minimum absolute atomic E-state index is 0.267. The number of nitrogens with zero attached hydrogens (tertiary/aromatic N) is 1. The minimum atomic E-state index is -0.429. The van der Waals surface area contributed by atoms with Gasteiger partial charge in [-0.15, -0.1) is 0 Å². The van der Waals surface area contributed by atoms with E-state index in [-0.39, 0.29) is 11.5 Å². The molecule has 0 aliphatic heterocycles. The van der Waals surface area contributed by atoms with Crippen LogP contribution < -0.4 is 5.32 Å². The number of nitrogens with one attached hydrogen (secondary N) is 2. The quantitative estimate of drug-likeness (QED) is 0.779. The van der Waals surface area contributed by atoms with Crippen LogP contribution in [0.4, 0.5) is 4.39 Å². The number of aromatic nitrogens is 2. The molecule has 110 valence electrons. The Balaban J connectivity index is 2.01. The molecule has 0 fully saturated rings. The molecule has 3 rings (SSSR count). The highest BCUT2D eigenvalue weighted by atomic mass is 19.1. The predicted molar refractivity (Wildman–Crippen MR) is 82.8 cm³/mol. The lowest BCUT2D eigenvalue weighted by atomic mass is 10.1. The molecule has 0 radical (unpaired) electrons. The van der Waals surface area contributed by atoms with Crippen LogP contribution in [0.1, 0.15) is 10.4 Å². The fourth-order valence-corrected chi connectivity index (χ4v) is 2.21. The fraction of sp³-hybridized carbons (Fsp3) is 0.0588. The lowest BCUT2D eigenvalue weighted by molar-refractivity contribution is 0.0963. The van der Waals surface area contributed by atoms with E-state index < -0.39 is 5.82 Å². The van der Waals surface area contributed by atoms with E-state index in [1.165, 1.54) is 25.2 Å². The maximum absolute atomic E-state index is 14.0. The SMILES string of the molecule is CNC(=O)c1ccc(F)c(-c2ncc(-c3ccccc3)[nH]2)c1. The molecule has 1 aromatic heterocycles. The van der Waals surface area contributed by atoms with Gasteiger partial charge in [-0.1, -0.05) is 30.3 Å². The summed E-state index contributed by atoms with van der Waals surface area (Å²) in [5.41, 5.74) is 2.41. The second-order valence-corrected chi connectivity index (χ2v) is 4.79. The summed E-state index contributed by atoms with van der Waals surface area (Å²) in [5, 5.41) is 2.52. The third-order valence-corrected chi connectivity index (χ3v) is 3.37. The van der Waals surface area contributed by atoms with Gasteiger partial charge in [0, 0.05) is 12.6 Å². The first-order chi connectivity index (χ1) is 10.7. The summed E-state index contributed by atoms with van der Waals surface area (Å²) in [4.78, 5) is 19.0. The third-order valence-electron chi connectivity index (χ3n) is 3.37. The average molecular weight is 295 g/mol. The molecule has 22 heavy (non-hydrogen) atoms. The van der Waals surface area contributed by atoms with Gasteiger partial charge >= 0.3 is 0 Å². The van der Waals surface area contributed by atoms with Crippen LogP contribution in [-0.4, -0.2) is 22.9 Å². The first-order valence-electron chi connectivity index (χ1n) is 6.81. The molecule has 2 aromatic carbocycles. The zero-order valence-electron chi connectivity index (χ0n) is 11.9. The van der Waals surface area contributed by atoms with Crippen molar-refractivity contribution in [1.29, 1.82) is 0 Å². The Kier molecular flexibility index (Phi) is 3.70. The Hall–Kier alpha value is -2.95. The molecule has 0 unspecified atom stereocenters.